The van der Waals surface area contributed by atoms with Crippen molar-refractivity contribution in [3.05, 3.63) is 65.2 Å². The van der Waals surface area contributed by atoms with E-state index >= 15 is 0 Å². The van der Waals surface area contributed by atoms with E-state index in [0.29, 0.717) is 19.8 Å². The largest absolute Gasteiger partial charge is 0.489 e. The van der Waals surface area contributed by atoms with Crippen LogP contribution in [0, 0.1) is 6.92 Å². The average molecular weight is 384 g/mol. The van der Waals surface area contributed by atoms with E-state index in [0.717, 1.165) is 41.7 Å². The van der Waals surface area contributed by atoms with E-state index in [9.17, 15) is 4.79 Å². The molecule has 0 saturated heterocycles. The lowest BCUT2D eigenvalue weighted by atomic mass is 9.87. The van der Waals surface area contributed by atoms with Gasteiger partial charge in [0.2, 0.25) is 5.91 Å². The van der Waals surface area contributed by atoms with Gasteiger partial charge in [0.15, 0.2) is 0 Å². The average Bonchev–Trinajstić information content (AvgIpc) is 2.70. The molecule has 0 aliphatic heterocycles. The number of aryl methyl sites for hydroxylation is 1. The number of rotatable bonds is 11. The molecule has 0 aliphatic carbocycles. The zero-order valence-electron chi connectivity index (χ0n) is 17.6. The van der Waals surface area contributed by atoms with Crippen LogP contribution in [0.15, 0.2) is 48.5 Å². The van der Waals surface area contributed by atoms with E-state index in [-0.39, 0.29) is 5.91 Å². The van der Waals surface area contributed by atoms with Crippen molar-refractivity contribution in [1.82, 2.24) is 5.32 Å². The molecule has 0 radical (unpaired) electrons. The second kappa shape index (κ2) is 10.9. The lowest BCUT2D eigenvalue weighted by Crippen LogP contribution is -2.43. The molecule has 1 unspecified atom stereocenters. The summed E-state index contributed by atoms with van der Waals surface area (Å²) in [5, 5.41) is 2.97. The third-order valence-corrected chi connectivity index (χ3v) is 5.06. The summed E-state index contributed by atoms with van der Waals surface area (Å²) in [6, 6.07) is 16.2. The van der Waals surface area contributed by atoms with E-state index < -0.39 is 5.60 Å². The van der Waals surface area contributed by atoms with Gasteiger partial charge >= 0.3 is 0 Å². The van der Waals surface area contributed by atoms with Crippen molar-refractivity contribution in [3.8, 4) is 5.75 Å². The summed E-state index contributed by atoms with van der Waals surface area (Å²) in [6.45, 7) is 9.41. The minimum atomic E-state index is -0.563. The molecule has 0 fully saturated rings. The normalized spacial score (nSPS) is 13.0. The van der Waals surface area contributed by atoms with E-state index in [1.54, 1.807) is 6.92 Å². The van der Waals surface area contributed by atoms with Crippen LogP contribution in [-0.4, -0.2) is 19.1 Å². The van der Waals surface area contributed by atoms with E-state index in [4.69, 9.17) is 9.47 Å². The van der Waals surface area contributed by atoms with Gasteiger partial charge in [-0.25, -0.2) is 0 Å². The van der Waals surface area contributed by atoms with Crippen molar-refractivity contribution < 1.29 is 14.3 Å². The predicted octanol–water partition coefficient (Wildman–Crippen LogP) is 5.13. The van der Waals surface area contributed by atoms with Crippen molar-refractivity contribution in [3.63, 3.8) is 0 Å². The Morgan fingerprint density at radius 3 is 2.46 bits per heavy atom. The van der Waals surface area contributed by atoms with Crippen LogP contribution in [0.1, 0.15) is 56.7 Å². The third kappa shape index (κ3) is 5.83. The zero-order valence-corrected chi connectivity index (χ0v) is 17.6. The van der Waals surface area contributed by atoms with Crippen LogP contribution in [0.3, 0.4) is 0 Å². The Kier molecular flexibility index (Phi) is 8.52. The van der Waals surface area contributed by atoms with Crippen LogP contribution in [0.2, 0.25) is 0 Å². The molecule has 0 aromatic heterocycles. The molecule has 2 aromatic carbocycles. The molecule has 4 heteroatoms. The Bertz CT molecular complexity index is 759. The number of hydrogen-bond donors (Lipinski definition) is 1. The van der Waals surface area contributed by atoms with Gasteiger partial charge in [0, 0.05) is 13.5 Å². The second-order valence-electron chi connectivity index (χ2n) is 7.17. The van der Waals surface area contributed by atoms with Crippen LogP contribution in [-0.2, 0) is 21.7 Å². The fraction of sp³-hybridized carbons (Fsp3) is 0.458. The molecule has 2 aromatic rings. The van der Waals surface area contributed by atoms with Gasteiger partial charge in [-0.1, -0.05) is 62.7 Å². The van der Waals surface area contributed by atoms with E-state index in [2.05, 4.69) is 31.3 Å². The number of carbonyl (C=O) groups is 1. The molecule has 0 bridgehead atoms. The lowest BCUT2D eigenvalue weighted by molar-refractivity contribution is -0.121. The van der Waals surface area contributed by atoms with Crippen LogP contribution < -0.4 is 10.1 Å². The summed E-state index contributed by atoms with van der Waals surface area (Å²) < 4.78 is 12.5. The topological polar surface area (TPSA) is 47.6 Å². The summed E-state index contributed by atoms with van der Waals surface area (Å²) in [4.78, 5) is 11.6. The third-order valence-electron chi connectivity index (χ3n) is 5.06. The first kappa shape index (κ1) is 22.0. The summed E-state index contributed by atoms with van der Waals surface area (Å²) >= 11 is 0. The van der Waals surface area contributed by atoms with E-state index in [1.807, 2.05) is 43.3 Å². The molecular formula is C24H33NO3. The van der Waals surface area contributed by atoms with Gasteiger partial charge in [0.1, 0.15) is 18.0 Å². The second-order valence-corrected chi connectivity index (χ2v) is 7.17. The summed E-state index contributed by atoms with van der Waals surface area (Å²) in [5.41, 5.74) is 2.71. The standard InChI is InChI=1S/C24H33NO3/c1-5-7-16-28-24(6-2,18-25-20(4)26)22-14-10-9-13-21(22)17-27-23-15-11-8-12-19(23)3/h8-15H,5-7,16-18H2,1-4H3,(H,25,26). The molecule has 2 rings (SSSR count). The Hall–Kier alpha value is -2.33. The zero-order chi connectivity index (χ0) is 20.4. The van der Waals surface area contributed by atoms with Gasteiger partial charge in [-0.3, -0.25) is 4.79 Å². The monoisotopic (exact) mass is 383 g/mol. The van der Waals surface area contributed by atoms with Gasteiger partial charge < -0.3 is 14.8 Å². The molecule has 1 amide bonds. The number of carbonyl (C=O) groups excluding carboxylic acids is 1. The molecule has 1 atom stereocenters. The van der Waals surface area contributed by atoms with Crippen molar-refractivity contribution >= 4 is 5.91 Å². The lowest BCUT2D eigenvalue weighted by Gasteiger charge is -2.35. The molecule has 28 heavy (non-hydrogen) atoms. The minimum absolute atomic E-state index is 0.0504. The van der Waals surface area contributed by atoms with Crippen LogP contribution >= 0.6 is 0 Å². The molecule has 0 heterocycles. The van der Waals surface area contributed by atoms with Gasteiger partial charge in [0.05, 0.1) is 6.54 Å². The first-order valence-corrected chi connectivity index (χ1v) is 10.2. The Morgan fingerprint density at radius 1 is 1.07 bits per heavy atom. The highest BCUT2D eigenvalue weighted by Gasteiger charge is 2.33. The fourth-order valence-electron chi connectivity index (χ4n) is 3.29. The molecule has 4 nitrogen and oxygen atoms in total. The SMILES string of the molecule is CCCCOC(CC)(CNC(C)=O)c1ccccc1COc1ccccc1C. The minimum Gasteiger partial charge on any atom is -0.489 e. The number of unbranched alkanes of at least 4 members (excludes halogenated alkanes) is 1. The first-order valence-electron chi connectivity index (χ1n) is 10.2. The molecular weight excluding hydrogens is 350 g/mol. The molecule has 0 aliphatic rings. The number of nitrogens with one attached hydrogen (secondary N) is 1. The maximum absolute atomic E-state index is 11.6. The Balaban J connectivity index is 2.31. The van der Waals surface area contributed by atoms with Crippen molar-refractivity contribution in [2.45, 2.75) is 59.2 Å². The summed E-state index contributed by atoms with van der Waals surface area (Å²) in [6.07, 6.45) is 2.82. The Labute approximate surface area is 169 Å². The van der Waals surface area contributed by atoms with Crippen LogP contribution in [0.25, 0.3) is 0 Å². The fourth-order valence-corrected chi connectivity index (χ4v) is 3.29. The molecule has 0 spiro atoms. The predicted molar refractivity (Wildman–Crippen MR) is 113 cm³/mol. The first-order chi connectivity index (χ1) is 13.5. The maximum Gasteiger partial charge on any atom is 0.216 e. The summed E-state index contributed by atoms with van der Waals surface area (Å²) in [7, 11) is 0. The number of benzene rings is 2. The molecule has 152 valence electrons. The smallest absolute Gasteiger partial charge is 0.216 e. The van der Waals surface area contributed by atoms with Gasteiger partial charge in [-0.05, 0) is 42.5 Å². The van der Waals surface area contributed by atoms with Crippen LogP contribution in [0.4, 0.5) is 0 Å². The van der Waals surface area contributed by atoms with Gasteiger partial charge in [-0.2, -0.15) is 0 Å². The highest BCUT2D eigenvalue weighted by Crippen LogP contribution is 2.33. The highest BCUT2D eigenvalue weighted by atomic mass is 16.5. The van der Waals surface area contributed by atoms with Crippen molar-refractivity contribution in [1.29, 1.82) is 0 Å². The van der Waals surface area contributed by atoms with E-state index in [1.165, 1.54) is 0 Å². The molecule has 1 N–H and O–H groups in total. The molecule has 0 saturated carbocycles. The maximum atomic E-state index is 11.6. The number of amides is 1. The van der Waals surface area contributed by atoms with Crippen LogP contribution in [0.5, 0.6) is 5.75 Å². The highest BCUT2D eigenvalue weighted by molar-refractivity contribution is 5.72. The van der Waals surface area contributed by atoms with Crippen molar-refractivity contribution in [2.24, 2.45) is 0 Å². The van der Waals surface area contributed by atoms with Gasteiger partial charge in [-0.15, -0.1) is 0 Å². The number of para-hydroxylation sites is 1. The van der Waals surface area contributed by atoms with Gasteiger partial charge in [0.25, 0.3) is 0 Å². The number of ether oxygens (including phenoxy) is 2. The summed E-state index contributed by atoms with van der Waals surface area (Å²) in [5.74, 6) is 0.832. The quantitative estimate of drug-likeness (QED) is 0.547. The Morgan fingerprint density at radius 2 is 1.79 bits per heavy atom. The van der Waals surface area contributed by atoms with Crippen molar-refractivity contribution in [2.75, 3.05) is 13.2 Å². The number of hydrogen-bond acceptors (Lipinski definition) is 3.